The van der Waals surface area contributed by atoms with Crippen molar-refractivity contribution in [2.24, 2.45) is 23.2 Å². The summed E-state index contributed by atoms with van der Waals surface area (Å²) in [6.07, 6.45) is 7.85. The third kappa shape index (κ3) is 0.646. The predicted octanol–water partition coefficient (Wildman–Crippen LogP) is 2.01. The highest BCUT2D eigenvalue weighted by molar-refractivity contribution is 5.61. The van der Waals surface area contributed by atoms with Gasteiger partial charge in [0, 0.05) is 5.41 Å². The Kier molecular flexibility index (Phi) is 0.961. The van der Waals surface area contributed by atoms with E-state index in [2.05, 4.69) is 0 Å². The smallest absolute Gasteiger partial charge is 0.126 e. The van der Waals surface area contributed by atoms with Crippen molar-refractivity contribution in [3.63, 3.8) is 0 Å². The molecule has 4 aliphatic carbocycles. The van der Waals surface area contributed by atoms with Gasteiger partial charge in [-0.3, -0.25) is 0 Å². The van der Waals surface area contributed by atoms with Crippen LogP contribution in [0.15, 0.2) is 0 Å². The van der Waals surface area contributed by atoms with E-state index in [0.717, 1.165) is 17.8 Å². The van der Waals surface area contributed by atoms with Crippen LogP contribution in [0.2, 0.25) is 0 Å². The Bertz CT molecular complexity index is 189. The van der Waals surface area contributed by atoms with Crippen LogP contribution in [0.5, 0.6) is 0 Å². The molecule has 0 aromatic rings. The van der Waals surface area contributed by atoms with Gasteiger partial charge in [0.1, 0.15) is 6.29 Å². The lowest BCUT2D eigenvalue weighted by Gasteiger charge is -2.33. The van der Waals surface area contributed by atoms with Crippen molar-refractivity contribution in [3.05, 3.63) is 0 Å². The molecule has 0 aromatic heterocycles. The van der Waals surface area contributed by atoms with Crippen molar-refractivity contribution in [1.82, 2.24) is 0 Å². The Balaban J connectivity index is 2.00. The Hall–Kier alpha value is -0.330. The standard InChI is InChI=1S/C10H14O/c11-6-10-3-7-1-8(4-10)9(2-7)5-10/h6-9H,1-5H2. The van der Waals surface area contributed by atoms with E-state index in [4.69, 9.17) is 0 Å². The van der Waals surface area contributed by atoms with Crippen LogP contribution in [0.25, 0.3) is 0 Å². The van der Waals surface area contributed by atoms with Gasteiger partial charge in [-0.2, -0.15) is 0 Å². The SMILES string of the molecule is O=CC12CC3CC(C1)C(C3)C2. The molecular weight excluding hydrogens is 136 g/mol. The third-order valence-corrected chi connectivity index (χ3v) is 4.22. The molecule has 1 nitrogen and oxygen atoms in total. The maximum Gasteiger partial charge on any atom is 0.126 e. The van der Waals surface area contributed by atoms with Gasteiger partial charge in [0.2, 0.25) is 0 Å². The van der Waals surface area contributed by atoms with Crippen LogP contribution in [0.1, 0.15) is 32.1 Å². The van der Waals surface area contributed by atoms with Crippen molar-refractivity contribution in [2.45, 2.75) is 32.1 Å². The fourth-order valence-electron chi connectivity index (χ4n) is 4.02. The van der Waals surface area contributed by atoms with Gasteiger partial charge in [0.25, 0.3) is 0 Å². The quantitative estimate of drug-likeness (QED) is 0.522. The maximum absolute atomic E-state index is 10.9. The van der Waals surface area contributed by atoms with E-state index in [1.54, 1.807) is 0 Å². The molecule has 0 N–H and O–H groups in total. The zero-order chi connectivity index (χ0) is 7.47. The molecule has 4 saturated carbocycles. The van der Waals surface area contributed by atoms with Gasteiger partial charge in [-0.1, -0.05) is 0 Å². The van der Waals surface area contributed by atoms with Gasteiger partial charge in [-0.05, 0) is 49.9 Å². The molecule has 0 aliphatic heterocycles. The number of carbonyl (C=O) groups excluding carboxylic acids is 1. The topological polar surface area (TPSA) is 17.1 Å². The highest BCUT2D eigenvalue weighted by atomic mass is 16.1. The molecule has 0 amide bonds. The van der Waals surface area contributed by atoms with Crippen LogP contribution >= 0.6 is 0 Å². The average molecular weight is 150 g/mol. The summed E-state index contributed by atoms with van der Waals surface area (Å²) in [6, 6.07) is 0. The summed E-state index contributed by atoms with van der Waals surface area (Å²) in [6.45, 7) is 0. The first-order valence-electron chi connectivity index (χ1n) is 4.78. The summed E-state index contributed by atoms with van der Waals surface area (Å²) < 4.78 is 0. The molecule has 2 atom stereocenters. The first-order chi connectivity index (χ1) is 5.31. The lowest BCUT2D eigenvalue weighted by molar-refractivity contribution is -0.118. The largest absolute Gasteiger partial charge is 0.303 e. The van der Waals surface area contributed by atoms with Gasteiger partial charge < -0.3 is 4.79 Å². The summed E-state index contributed by atoms with van der Waals surface area (Å²) in [7, 11) is 0. The number of carbonyl (C=O) groups is 1. The minimum absolute atomic E-state index is 0.177. The Morgan fingerprint density at radius 3 is 2.18 bits per heavy atom. The van der Waals surface area contributed by atoms with Gasteiger partial charge >= 0.3 is 0 Å². The van der Waals surface area contributed by atoms with Crippen molar-refractivity contribution >= 4 is 6.29 Å². The third-order valence-electron chi connectivity index (χ3n) is 4.22. The van der Waals surface area contributed by atoms with E-state index >= 15 is 0 Å². The van der Waals surface area contributed by atoms with E-state index in [1.165, 1.54) is 38.4 Å². The van der Waals surface area contributed by atoms with E-state index in [0.29, 0.717) is 0 Å². The predicted molar refractivity (Wildman–Crippen MR) is 42.1 cm³/mol. The molecule has 0 aromatic carbocycles. The van der Waals surface area contributed by atoms with Gasteiger partial charge in [-0.15, -0.1) is 0 Å². The molecule has 4 bridgehead atoms. The maximum atomic E-state index is 10.9. The highest BCUT2D eigenvalue weighted by Gasteiger charge is 2.55. The molecule has 4 fully saturated rings. The normalized spacial score (nSPS) is 58.7. The average Bonchev–Trinajstić information content (AvgIpc) is 2.40. The molecule has 0 radical (unpaired) electrons. The first kappa shape index (κ1) is 6.22. The molecule has 0 heterocycles. The molecule has 4 aliphatic rings. The molecule has 1 heteroatoms. The summed E-state index contributed by atoms with van der Waals surface area (Å²) in [5, 5.41) is 0. The fourth-order valence-corrected chi connectivity index (χ4v) is 4.02. The monoisotopic (exact) mass is 150 g/mol. The molecular formula is C10H14O. The van der Waals surface area contributed by atoms with Crippen molar-refractivity contribution in [2.75, 3.05) is 0 Å². The molecule has 2 unspecified atom stereocenters. The molecule has 60 valence electrons. The Morgan fingerprint density at radius 2 is 1.73 bits per heavy atom. The van der Waals surface area contributed by atoms with E-state index in [-0.39, 0.29) is 5.41 Å². The van der Waals surface area contributed by atoms with Crippen LogP contribution < -0.4 is 0 Å². The molecule has 0 saturated heterocycles. The van der Waals surface area contributed by atoms with Crippen molar-refractivity contribution in [1.29, 1.82) is 0 Å². The summed E-state index contributed by atoms with van der Waals surface area (Å²) >= 11 is 0. The minimum Gasteiger partial charge on any atom is -0.303 e. The summed E-state index contributed by atoms with van der Waals surface area (Å²) in [5.41, 5.74) is 0.177. The van der Waals surface area contributed by atoms with Gasteiger partial charge in [0.05, 0.1) is 0 Å². The Morgan fingerprint density at radius 1 is 1.09 bits per heavy atom. The molecule has 11 heavy (non-hydrogen) atoms. The van der Waals surface area contributed by atoms with Gasteiger partial charge in [-0.25, -0.2) is 0 Å². The second-order valence-electron chi connectivity index (χ2n) is 4.95. The van der Waals surface area contributed by atoms with Crippen LogP contribution in [0.4, 0.5) is 0 Å². The van der Waals surface area contributed by atoms with E-state index < -0.39 is 0 Å². The number of hydrogen-bond donors (Lipinski definition) is 0. The van der Waals surface area contributed by atoms with Crippen molar-refractivity contribution < 1.29 is 4.79 Å². The zero-order valence-electron chi connectivity index (χ0n) is 6.75. The van der Waals surface area contributed by atoms with E-state index in [9.17, 15) is 4.79 Å². The Labute approximate surface area is 67.2 Å². The number of hydrogen-bond acceptors (Lipinski definition) is 1. The lowest BCUT2D eigenvalue weighted by Crippen LogP contribution is -2.28. The molecule has 0 spiro atoms. The van der Waals surface area contributed by atoms with E-state index in [1.807, 2.05) is 0 Å². The second kappa shape index (κ2) is 1.70. The fraction of sp³-hybridized carbons (Fsp3) is 0.900. The van der Waals surface area contributed by atoms with Gasteiger partial charge in [0.15, 0.2) is 0 Å². The number of rotatable bonds is 1. The van der Waals surface area contributed by atoms with Crippen LogP contribution in [0.3, 0.4) is 0 Å². The van der Waals surface area contributed by atoms with Crippen molar-refractivity contribution in [3.8, 4) is 0 Å². The second-order valence-corrected chi connectivity index (χ2v) is 4.95. The van der Waals surface area contributed by atoms with Crippen LogP contribution in [-0.2, 0) is 4.79 Å². The summed E-state index contributed by atoms with van der Waals surface area (Å²) in [4.78, 5) is 10.9. The highest BCUT2D eigenvalue weighted by Crippen LogP contribution is 2.63. The lowest BCUT2D eigenvalue weighted by atomic mass is 9.71. The minimum atomic E-state index is 0.177. The first-order valence-corrected chi connectivity index (χ1v) is 4.78. The summed E-state index contributed by atoms with van der Waals surface area (Å²) in [5.74, 6) is 2.82. The number of aldehydes is 1. The van der Waals surface area contributed by atoms with Crippen LogP contribution in [-0.4, -0.2) is 6.29 Å². The molecule has 4 rings (SSSR count). The zero-order valence-corrected chi connectivity index (χ0v) is 6.75. The van der Waals surface area contributed by atoms with Crippen LogP contribution in [0, 0.1) is 23.2 Å².